The van der Waals surface area contributed by atoms with Gasteiger partial charge in [0, 0.05) is 6.04 Å². The summed E-state index contributed by atoms with van der Waals surface area (Å²) in [5.41, 5.74) is 0. The first-order valence-electron chi connectivity index (χ1n) is 6.18. The molecule has 0 aromatic rings. The number of nitrogens with one attached hydrogen (secondary N) is 1. The van der Waals surface area contributed by atoms with Crippen LogP contribution in [-0.2, 0) is 0 Å². The van der Waals surface area contributed by atoms with Gasteiger partial charge in [0.1, 0.15) is 0 Å². The summed E-state index contributed by atoms with van der Waals surface area (Å²) >= 11 is 0. The SMILES string of the molecule is CCCNCC1CCN(C(C)C)CC1. The lowest BCUT2D eigenvalue weighted by Gasteiger charge is -2.34. The normalized spacial score (nSPS) is 20.6. The summed E-state index contributed by atoms with van der Waals surface area (Å²) in [7, 11) is 0. The van der Waals surface area contributed by atoms with Crippen LogP contribution in [0.4, 0.5) is 0 Å². The molecule has 1 saturated heterocycles. The number of rotatable bonds is 5. The van der Waals surface area contributed by atoms with Crippen LogP contribution in [0.3, 0.4) is 0 Å². The van der Waals surface area contributed by atoms with E-state index < -0.39 is 0 Å². The van der Waals surface area contributed by atoms with Crippen LogP contribution >= 0.6 is 0 Å². The van der Waals surface area contributed by atoms with E-state index in [0.29, 0.717) is 0 Å². The quantitative estimate of drug-likeness (QED) is 0.681. The topological polar surface area (TPSA) is 15.3 Å². The summed E-state index contributed by atoms with van der Waals surface area (Å²) < 4.78 is 0. The fourth-order valence-corrected chi connectivity index (χ4v) is 2.16. The lowest BCUT2D eigenvalue weighted by Crippen LogP contribution is -2.40. The second kappa shape index (κ2) is 6.41. The molecule has 1 N–H and O–H groups in total. The molecule has 0 aromatic carbocycles. The van der Waals surface area contributed by atoms with E-state index in [-0.39, 0.29) is 0 Å². The van der Waals surface area contributed by atoms with Gasteiger partial charge in [-0.3, -0.25) is 0 Å². The summed E-state index contributed by atoms with van der Waals surface area (Å²) in [6, 6.07) is 0.736. The van der Waals surface area contributed by atoms with Crippen LogP contribution in [0.25, 0.3) is 0 Å². The smallest absolute Gasteiger partial charge is 0.00385 e. The minimum absolute atomic E-state index is 0.736. The zero-order valence-corrected chi connectivity index (χ0v) is 10.1. The van der Waals surface area contributed by atoms with Crippen LogP contribution in [0.2, 0.25) is 0 Å². The number of piperidine rings is 1. The van der Waals surface area contributed by atoms with Gasteiger partial charge in [0.15, 0.2) is 0 Å². The van der Waals surface area contributed by atoms with Crippen LogP contribution < -0.4 is 5.32 Å². The van der Waals surface area contributed by atoms with Crippen molar-refractivity contribution in [3.8, 4) is 0 Å². The van der Waals surface area contributed by atoms with Crippen molar-refractivity contribution < 1.29 is 0 Å². The van der Waals surface area contributed by atoms with Crippen molar-refractivity contribution in [2.75, 3.05) is 26.2 Å². The largest absolute Gasteiger partial charge is 0.316 e. The average Bonchev–Trinajstić information content (AvgIpc) is 2.19. The molecular formula is C12H26N2. The molecule has 14 heavy (non-hydrogen) atoms. The van der Waals surface area contributed by atoms with Gasteiger partial charge in [-0.15, -0.1) is 0 Å². The Kier molecular flexibility index (Phi) is 5.49. The third-order valence-electron chi connectivity index (χ3n) is 3.24. The number of hydrogen-bond acceptors (Lipinski definition) is 2. The fraction of sp³-hybridized carbons (Fsp3) is 1.00. The van der Waals surface area contributed by atoms with Gasteiger partial charge in [0.2, 0.25) is 0 Å². The molecule has 1 fully saturated rings. The minimum Gasteiger partial charge on any atom is -0.316 e. The Morgan fingerprint density at radius 3 is 2.43 bits per heavy atom. The molecule has 1 rings (SSSR count). The summed E-state index contributed by atoms with van der Waals surface area (Å²) in [5, 5.41) is 3.53. The Balaban J connectivity index is 2.09. The van der Waals surface area contributed by atoms with Gasteiger partial charge >= 0.3 is 0 Å². The van der Waals surface area contributed by atoms with E-state index in [0.717, 1.165) is 12.0 Å². The van der Waals surface area contributed by atoms with Gasteiger partial charge in [-0.2, -0.15) is 0 Å². The number of hydrogen-bond donors (Lipinski definition) is 1. The van der Waals surface area contributed by atoms with Crippen molar-refractivity contribution in [1.82, 2.24) is 10.2 Å². The van der Waals surface area contributed by atoms with Crippen LogP contribution in [0.5, 0.6) is 0 Å². The van der Waals surface area contributed by atoms with Gasteiger partial charge in [-0.1, -0.05) is 6.92 Å². The van der Waals surface area contributed by atoms with Crippen LogP contribution in [0.1, 0.15) is 40.0 Å². The van der Waals surface area contributed by atoms with E-state index in [2.05, 4.69) is 31.0 Å². The Bertz CT molecular complexity index is 137. The second-order valence-corrected chi connectivity index (χ2v) is 4.78. The molecule has 0 amide bonds. The van der Waals surface area contributed by atoms with E-state index in [1.807, 2.05) is 0 Å². The molecule has 0 spiro atoms. The number of likely N-dealkylation sites (tertiary alicyclic amines) is 1. The molecule has 2 nitrogen and oxygen atoms in total. The van der Waals surface area contributed by atoms with Gasteiger partial charge in [0.05, 0.1) is 0 Å². The Labute approximate surface area is 89.1 Å². The lowest BCUT2D eigenvalue weighted by molar-refractivity contribution is 0.148. The van der Waals surface area contributed by atoms with E-state index in [1.54, 1.807) is 0 Å². The predicted octanol–water partition coefficient (Wildman–Crippen LogP) is 2.11. The molecule has 1 aliphatic heterocycles. The first-order valence-corrected chi connectivity index (χ1v) is 6.18. The molecule has 0 aromatic heterocycles. The van der Waals surface area contributed by atoms with Crippen molar-refractivity contribution in [2.24, 2.45) is 5.92 Å². The van der Waals surface area contributed by atoms with Crippen molar-refractivity contribution in [2.45, 2.75) is 46.1 Å². The first kappa shape index (κ1) is 12.0. The van der Waals surface area contributed by atoms with Gasteiger partial charge in [0.25, 0.3) is 0 Å². The predicted molar refractivity (Wildman–Crippen MR) is 62.6 cm³/mol. The highest BCUT2D eigenvalue weighted by molar-refractivity contribution is 4.75. The van der Waals surface area contributed by atoms with E-state index in [4.69, 9.17) is 0 Å². The maximum Gasteiger partial charge on any atom is 0.00385 e. The lowest BCUT2D eigenvalue weighted by atomic mass is 9.96. The third kappa shape index (κ3) is 3.97. The zero-order valence-electron chi connectivity index (χ0n) is 10.1. The highest BCUT2D eigenvalue weighted by atomic mass is 15.1. The Morgan fingerprint density at radius 1 is 1.29 bits per heavy atom. The molecule has 1 heterocycles. The highest BCUT2D eigenvalue weighted by Crippen LogP contribution is 2.17. The Hall–Kier alpha value is -0.0800. The molecule has 0 radical (unpaired) electrons. The highest BCUT2D eigenvalue weighted by Gasteiger charge is 2.19. The van der Waals surface area contributed by atoms with Crippen molar-refractivity contribution in [1.29, 1.82) is 0 Å². The molecule has 0 saturated carbocycles. The average molecular weight is 198 g/mol. The second-order valence-electron chi connectivity index (χ2n) is 4.78. The standard InChI is InChI=1S/C12H26N2/c1-4-7-13-10-12-5-8-14(9-6-12)11(2)3/h11-13H,4-10H2,1-3H3. The van der Waals surface area contributed by atoms with Gasteiger partial charge in [-0.05, 0) is 65.2 Å². The zero-order chi connectivity index (χ0) is 10.4. The van der Waals surface area contributed by atoms with E-state index in [9.17, 15) is 0 Å². The molecule has 84 valence electrons. The van der Waals surface area contributed by atoms with Crippen molar-refractivity contribution >= 4 is 0 Å². The monoisotopic (exact) mass is 198 g/mol. The summed E-state index contributed by atoms with van der Waals surface area (Å²) in [4.78, 5) is 2.59. The van der Waals surface area contributed by atoms with E-state index in [1.165, 1.54) is 45.4 Å². The van der Waals surface area contributed by atoms with Crippen molar-refractivity contribution in [3.05, 3.63) is 0 Å². The van der Waals surface area contributed by atoms with Gasteiger partial charge in [-0.25, -0.2) is 0 Å². The maximum atomic E-state index is 3.53. The van der Waals surface area contributed by atoms with Crippen molar-refractivity contribution in [3.63, 3.8) is 0 Å². The maximum absolute atomic E-state index is 3.53. The molecule has 1 aliphatic rings. The molecule has 0 aliphatic carbocycles. The molecular weight excluding hydrogens is 172 g/mol. The van der Waals surface area contributed by atoms with E-state index >= 15 is 0 Å². The third-order valence-corrected chi connectivity index (χ3v) is 3.24. The summed E-state index contributed by atoms with van der Waals surface area (Å²) in [6.07, 6.45) is 4.02. The fourth-order valence-electron chi connectivity index (χ4n) is 2.16. The van der Waals surface area contributed by atoms with Crippen LogP contribution in [0, 0.1) is 5.92 Å². The number of nitrogens with zero attached hydrogens (tertiary/aromatic N) is 1. The van der Waals surface area contributed by atoms with Crippen LogP contribution in [-0.4, -0.2) is 37.1 Å². The molecule has 0 bridgehead atoms. The summed E-state index contributed by atoms with van der Waals surface area (Å²) in [5.74, 6) is 0.927. The van der Waals surface area contributed by atoms with Crippen LogP contribution in [0.15, 0.2) is 0 Å². The summed E-state index contributed by atoms with van der Waals surface area (Å²) in [6.45, 7) is 11.9. The minimum atomic E-state index is 0.736. The first-order chi connectivity index (χ1) is 6.74. The molecule has 2 heteroatoms. The molecule has 0 atom stereocenters. The van der Waals surface area contributed by atoms with Gasteiger partial charge < -0.3 is 10.2 Å². The molecule has 0 unspecified atom stereocenters. The Morgan fingerprint density at radius 2 is 1.93 bits per heavy atom.